The first-order valence-electron chi connectivity index (χ1n) is 9.75. The van der Waals surface area contributed by atoms with Crippen LogP contribution in [0.15, 0.2) is 94.7 Å². The Morgan fingerprint density at radius 3 is 2.16 bits per heavy atom. The Bertz CT molecular complexity index is 1080. The van der Waals surface area contributed by atoms with Crippen molar-refractivity contribution in [3.8, 4) is 0 Å². The minimum atomic E-state index is -4.04. The molecule has 0 aliphatic rings. The summed E-state index contributed by atoms with van der Waals surface area (Å²) in [5.41, 5.74) is 0.363. The van der Waals surface area contributed by atoms with E-state index >= 15 is 0 Å². The Morgan fingerprint density at radius 1 is 0.903 bits per heavy atom. The van der Waals surface area contributed by atoms with Gasteiger partial charge in [0.25, 0.3) is 10.0 Å². The molecule has 0 heterocycles. The fraction of sp³-hybridized carbons (Fsp3) is 0.174. The summed E-state index contributed by atoms with van der Waals surface area (Å²) in [6.45, 7) is 0.0768. The molecule has 0 aromatic heterocycles. The molecule has 0 saturated carbocycles. The van der Waals surface area contributed by atoms with E-state index in [4.69, 9.17) is 0 Å². The molecular weight excluding hydrogens is 435 g/mol. The van der Waals surface area contributed by atoms with Crippen LogP contribution in [-0.2, 0) is 14.8 Å². The normalized spacial score (nSPS) is 11.1. The van der Waals surface area contributed by atoms with Crippen molar-refractivity contribution in [2.45, 2.75) is 16.2 Å². The van der Waals surface area contributed by atoms with Gasteiger partial charge in [0, 0.05) is 11.4 Å². The first-order chi connectivity index (χ1) is 15.0. The number of para-hydroxylation sites is 1. The second-order valence-corrected chi connectivity index (χ2v) is 9.70. The zero-order valence-corrected chi connectivity index (χ0v) is 18.4. The van der Waals surface area contributed by atoms with Gasteiger partial charge >= 0.3 is 0 Å². The highest BCUT2D eigenvalue weighted by molar-refractivity contribution is 7.99. The quantitative estimate of drug-likeness (QED) is 0.363. The number of thioether (sulfide) groups is 1. The Labute approximate surface area is 186 Å². The van der Waals surface area contributed by atoms with Gasteiger partial charge in [-0.2, -0.15) is 0 Å². The highest BCUT2D eigenvalue weighted by atomic mass is 32.2. The third kappa shape index (κ3) is 6.57. The van der Waals surface area contributed by atoms with Crippen LogP contribution < -0.4 is 9.62 Å². The number of nitrogens with one attached hydrogen (secondary N) is 1. The van der Waals surface area contributed by atoms with Crippen LogP contribution in [0.2, 0.25) is 0 Å². The molecule has 0 bridgehead atoms. The molecule has 0 aliphatic heterocycles. The second-order valence-electron chi connectivity index (χ2n) is 6.67. The molecule has 0 spiro atoms. The molecule has 0 radical (unpaired) electrons. The number of rotatable bonds is 10. The molecule has 3 aromatic carbocycles. The fourth-order valence-electron chi connectivity index (χ4n) is 2.84. The molecule has 31 heavy (non-hydrogen) atoms. The largest absolute Gasteiger partial charge is 0.354 e. The summed E-state index contributed by atoms with van der Waals surface area (Å²) in [5, 5.41) is 2.78. The predicted octanol–water partition coefficient (Wildman–Crippen LogP) is 4.32. The van der Waals surface area contributed by atoms with Crippen LogP contribution in [0.3, 0.4) is 0 Å². The van der Waals surface area contributed by atoms with Crippen LogP contribution >= 0.6 is 11.8 Å². The maximum absolute atomic E-state index is 13.2. The van der Waals surface area contributed by atoms with Crippen molar-refractivity contribution >= 4 is 33.4 Å². The first kappa shape index (κ1) is 22.8. The van der Waals surface area contributed by atoms with E-state index in [1.165, 1.54) is 12.1 Å². The number of benzene rings is 3. The van der Waals surface area contributed by atoms with Crippen molar-refractivity contribution < 1.29 is 17.6 Å². The molecule has 0 aliphatic carbocycles. The molecule has 162 valence electrons. The molecule has 0 fully saturated rings. The minimum Gasteiger partial charge on any atom is -0.354 e. The zero-order valence-electron chi connectivity index (χ0n) is 16.8. The summed E-state index contributed by atoms with van der Waals surface area (Å²) in [5.74, 6) is -0.101. The van der Waals surface area contributed by atoms with E-state index in [9.17, 15) is 17.6 Å². The Balaban J connectivity index is 1.62. The average molecular weight is 459 g/mol. The minimum absolute atomic E-state index is 0.0789. The van der Waals surface area contributed by atoms with Gasteiger partial charge in [-0.1, -0.05) is 36.4 Å². The molecule has 0 unspecified atom stereocenters. The van der Waals surface area contributed by atoms with Gasteiger partial charge in [0.1, 0.15) is 12.4 Å². The lowest BCUT2D eigenvalue weighted by atomic mass is 10.3. The first-order valence-corrected chi connectivity index (χ1v) is 12.2. The van der Waals surface area contributed by atoms with Gasteiger partial charge in [-0.15, -0.1) is 11.8 Å². The number of halogens is 1. The van der Waals surface area contributed by atoms with Gasteiger partial charge in [0.15, 0.2) is 0 Å². The van der Waals surface area contributed by atoms with Crippen LogP contribution in [0, 0.1) is 5.82 Å². The van der Waals surface area contributed by atoms with Crippen molar-refractivity contribution in [1.29, 1.82) is 0 Å². The predicted molar refractivity (Wildman–Crippen MR) is 122 cm³/mol. The molecule has 0 atom stereocenters. The standard InChI is InChI=1S/C23H23FN2O3S2/c24-19-12-14-22(15-13-19)31(28,29)26(20-8-3-1-4-9-20)18-23(27)25-16-7-17-30-21-10-5-2-6-11-21/h1-6,8-15H,7,16-18H2,(H,25,27). The van der Waals surface area contributed by atoms with Crippen LogP contribution in [-0.4, -0.2) is 33.2 Å². The van der Waals surface area contributed by atoms with E-state index in [-0.39, 0.29) is 11.4 Å². The van der Waals surface area contributed by atoms with Gasteiger partial charge in [0.2, 0.25) is 5.91 Å². The van der Waals surface area contributed by atoms with E-state index in [0.29, 0.717) is 12.2 Å². The molecule has 0 saturated heterocycles. The molecule has 5 nitrogen and oxygen atoms in total. The van der Waals surface area contributed by atoms with Crippen LogP contribution in [0.4, 0.5) is 10.1 Å². The summed E-state index contributed by atoms with van der Waals surface area (Å²) in [6.07, 6.45) is 0.751. The monoisotopic (exact) mass is 458 g/mol. The number of carbonyl (C=O) groups is 1. The van der Waals surface area contributed by atoms with Crippen molar-refractivity contribution in [2.75, 3.05) is 23.1 Å². The van der Waals surface area contributed by atoms with Crippen LogP contribution in [0.1, 0.15) is 6.42 Å². The van der Waals surface area contributed by atoms with Crippen molar-refractivity contribution in [3.63, 3.8) is 0 Å². The third-order valence-electron chi connectivity index (χ3n) is 4.39. The summed E-state index contributed by atoms with van der Waals surface area (Å²) >= 11 is 1.70. The summed E-state index contributed by atoms with van der Waals surface area (Å²) in [6, 6.07) is 22.9. The number of nitrogens with zero attached hydrogens (tertiary/aromatic N) is 1. The van der Waals surface area contributed by atoms with E-state index < -0.39 is 21.7 Å². The zero-order chi connectivity index (χ0) is 22.1. The number of hydrogen-bond acceptors (Lipinski definition) is 4. The number of hydrogen-bond donors (Lipinski definition) is 1. The van der Waals surface area contributed by atoms with Gasteiger partial charge < -0.3 is 5.32 Å². The van der Waals surface area contributed by atoms with Crippen LogP contribution in [0.5, 0.6) is 0 Å². The lowest BCUT2D eigenvalue weighted by Crippen LogP contribution is -2.41. The number of amides is 1. The number of carbonyl (C=O) groups excluding carboxylic acids is 1. The van der Waals surface area contributed by atoms with E-state index in [2.05, 4.69) is 5.32 Å². The Kier molecular flexibility index (Phi) is 8.08. The molecule has 3 aromatic rings. The second kappa shape index (κ2) is 11.0. The van der Waals surface area contributed by atoms with Gasteiger partial charge in [-0.05, 0) is 60.7 Å². The molecule has 3 rings (SSSR count). The highest BCUT2D eigenvalue weighted by Crippen LogP contribution is 2.23. The topological polar surface area (TPSA) is 66.5 Å². The fourth-order valence-corrected chi connectivity index (χ4v) is 5.13. The maximum Gasteiger partial charge on any atom is 0.264 e. The van der Waals surface area contributed by atoms with E-state index in [0.717, 1.165) is 33.5 Å². The highest BCUT2D eigenvalue weighted by Gasteiger charge is 2.27. The summed E-state index contributed by atoms with van der Waals surface area (Å²) < 4.78 is 40.5. The van der Waals surface area contributed by atoms with Gasteiger partial charge in [-0.3, -0.25) is 9.10 Å². The van der Waals surface area contributed by atoms with Crippen molar-refractivity contribution in [3.05, 3.63) is 90.7 Å². The SMILES string of the molecule is O=C(CN(c1ccccc1)S(=O)(=O)c1ccc(F)cc1)NCCCSc1ccccc1. The van der Waals surface area contributed by atoms with Gasteiger partial charge in [-0.25, -0.2) is 12.8 Å². The van der Waals surface area contributed by atoms with Crippen molar-refractivity contribution in [2.24, 2.45) is 0 Å². The van der Waals surface area contributed by atoms with Gasteiger partial charge in [0.05, 0.1) is 10.6 Å². The number of anilines is 1. The molecule has 1 amide bonds. The smallest absolute Gasteiger partial charge is 0.264 e. The number of sulfonamides is 1. The van der Waals surface area contributed by atoms with E-state index in [1.807, 2.05) is 30.3 Å². The Hall–Kier alpha value is -2.84. The molecule has 8 heteroatoms. The van der Waals surface area contributed by atoms with Crippen molar-refractivity contribution in [1.82, 2.24) is 5.32 Å². The molecular formula is C23H23FN2O3S2. The summed E-state index contributed by atoms with van der Waals surface area (Å²) in [4.78, 5) is 13.6. The lowest BCUT2D eigenvalue weighted by molar-refractivity contribution is -0.119. The lowest BCUT2D eigenvalue weighted by Gasteiger charge is -2.24. The maximum atomic E-state index is 13.2. The van der Waals surface area contributed by atoms with Crippen LogP contribution in [0.25, 0.3) is 0 Å². The Morgan fingerprint density at radius 2 is 1.52 bits per heavy atom. The third-order valence-corrected chi connectivity index (χ3v) is 7.27. The van der Waals surface area contributed by atoms with E-state index in [1.54, 1.807) is 42.1 Å². The molecule has 1 N–H and O–H groups in total. The summed E-state index contributed by atoms with van der Waals surface area (Å²) in [7, 11) is -4.04. The average Bonchev–Trinajstić information content (AvgIpc) is 2.79.